The standard InChI is InChI=1S/C14H17BF4O3.C8H8BF3O3/c1-12(2)13(3,4)22-15(21-12)10-6-5-9(7-11(10)16)20-8-14(17,18)19;10-8(11,12)5-15-7-3-1-6(2-4-7)9(13)14/h5-7H,8H2,1-4H3;1-4,13-14H,5H2. The first-order valence-corrected chi connectivity index (χ1v) is 10.8. The summed E-state index contributed by atoms with van der Waals surface area (Å²) < 4.78 is 106. The third-order valence-corrected chi connectivity index (χ3v) is 5.46. The van der Waals surface area contributed by atoms with Crippen molar-refractivity contribution in [3.8, 4) is 11.5 Å². The van der Waals surface area contributed by atoms with Gasteiger partial charge in [0.1, 0.15) is 17.3 Å². The third kappa shape index (κ3) is 9.40. The maximum atomic E-state index is 14.1. The minimum Gasteiger partial charge on any atom is -0.484 e. The zero-order valence-electron chi connectivity index (χ0n) is 20.3. The summed E-state index contributed by atoms with van der Waals surface area (Å²) in [5.41, 5.74) is -0.946. The molecule has 3 rings (SSSR count). The first-order valence-electron chi connectivity index (χ1n) is 10.8. The summed E-state index contributed by atoms with van der Waals surface area (Å²) >= 11 is 0. The highest BCUT2D eigenvalue weighted by molar-refractivity contribution is 6.62. The van der Waals surface area contributed by atoms with E-state index in [9.17, 15) is 30.7 Å². The molecule has 0 unspecified atom stereocenters. The number of rotatable bonds is 6. The molecule has 0 radical (unpaired) electrons. The molecule has 1 aliphatic rings. The highest BCUT2D eigenvalue weighted by Gasteiger charge is 2.52. The lowest BCUT2D eigenvalue weighted by molar-refractivity contribution is -0.154. The van der Waals surface area contributed by atoms with Crippen LogP contribution < -0.4 is 20.4 Å². The Morgan fingerprint density at radius 3 is 1.62 bits per heavy atom. The summed E-state index contributed by atoms with van der Waals surface area (Å²) in [6, 6.07) is 8.48. The average molecular weight is 540 g/mol. The second-order valence-electron chi connectivity index (χ2n) is 9.02. The predicted octanol–water partition coefficient (Wildman–Crippen LogP) is 3.37. The van der Waals surface area contributed by atoms with E-state index < -0.39 is 56.8 Å². The van der Waals surface area contributed by atoms with E-state index in [0.29, 0.717) is 0 Å². The van der Waals surface area contributed by atoms with E-state index >= 15 is 0 Å². The van der Waals surface area contributed by atoms with Crippen molar-refractivity contribution in [1.29, 1.82) is 0 Å². The Balaban J connectivity index is 0.000000281. The molecule has 37 heavy (non-hydrogen) atoms. The smallest absolute Gasteiger partial charge is 0.484 e. The number of hydrogen-bond acceptors (Lipinski definition) is 6. The SMILES string of the molecule is CC1(C)OB(c2ccc(OCC(F)(F)F)cc2F)OC1(C)C.OB(O)c1ccc(OCC(F)(F)F)cc1. The highest BCUT2D eigenvalue weighted by Crippen LogP contribution is 2.36. The Labute approximate surface area is 209 Å². The predicted molar refractivity (Wildman–Crippen MR) is 121 cm³/mol. The van der Waals surface area contributed by atoms with Crippen LogP contribution in [-0.2, 0) is 9.31 Å². The molecule has 0 saturated carbocycles. The van der Waals surface area contributed by atoms with Gasteiger partial charge in [-0.25, -0.2) is 4.39 Å². The lowest BCUT2D eigenvalue weighted by Gasteiger charge is -2.32. The van der Waals surface area contributed by atoms with E-state index in [4.69, 9.17) is 19.4 Å². The average Bonchev–Trinajstić information content (AvgIpc) is 2.97. The van der Waals surface area contributed by atoms with Crippen molar-refractivity contribution < 1.29 is 59.6 Å². The van der Waals surface area contributed by atoms with Crippen molar-refractivity contribution in [3.05, 3.63) is 48.3 Å². The van der Waals surface area contributed by atoms with Crippen LogP contribution in [-0.4, -0.2) is 61.1 Å². The minimum atomic E-state index is -4.47. The zero-order chi connectivity index (χ0) is 28.2. The molecule has 15 heteroatoms. The summed E-state index contributed by atoms with van der Waals surface area (Å²) in [6.07, 6.45) is -8.85. The van der Waals surface area contributed by atoms with Crippen molar-refractivity contribution in [2.45, 2.75) is 51.2 Å². The topological polar surface area (TPSA) is 77.4 Å². The molecule has 0 bridgehead atoms. The van der Waals surface area contributed by atoms with Gasteiger partial charge in [0.05, 0.1) is 11.2 Å². The molecule has 0 atom stereocenters. The summed E-state index contributed by atoms with van der Waals surface area (Å²) in [5, 5.41) is 17.4. The van der Waals surface area contributed by atoms with Gasteiger partial charge in [0.25, 0.3) is 0 Å². The van der Waals surface area contributed by atoms with Gasteiger partial charge in [0.2, 0.25) is 0 Å². The van der Waals surface area contributed by atoms with E-state index in [1.165, 1.54) is 36.4 Å². The van der Waals surface area contributed by atoms with Crippen LogP contribution in [0.15, 0.2) is 42.5 Å². The number of benzene rings is 2. The van der Waals surface area contributed by atoms with Crippen molar-refractivity contribution in [2.75, 3.05) is 13.2 Å². The molecule has 2 aromatic rings. The van der Waals surface area contributed by atoms with Crippen LogP contribution in [0.25, 0.3) is 0 Å². The molecule has 0 amide bonds. The fourth-order valence-corrected chi connectivity index (χ4v) is 2.83. The van der Waals surface area contributed by atoms with Crippen LogP contribution >= 0.6 is 0 Å². The van der Waals surface area contributed by atoms with Gasteiger partial charge < -0.3 is 28.8 Å². The summed E-state index contributed by atoms with van der Waals surface area (Å²) in [6.45, 7) is 4.46. The summed E-state index contributed by atoms with van der Waals surface area (Å²) in [7, 11) is -2.55. The van der Waals surface area contributed by atoms with Crippen molar-refractivity contribution >= 4 is 25.2 Å². The fraction of sp³-hybridized carbons (Fsp3) is 0.455. The molecule has 0 aliphatic carbocycles. The number of ether oxygens (including phenoxy) is 2. The van der Waals surface area contributed by atoms with Gasteiger partial charge in [-0.05, 0) is 51.4 Å². The minimum absolute atomic E-state index is 0.0247. The first kappa shape index (κ1) is 30.7. The molecular formula is C22H25B2F7O6. The van der Waals surface area contributed by atoms with Gasteiger partial charge in [-0.3, -0.25) is 0 Å². The lowest BCUT2D eigenvalue weighted by Crippen LogP contribution is -2.41. The number of halogens is 7. The molecular weight excluding hydrogens is 515 g/mol. The van der Waals surface area contributed by atoms with Gasteiger partial charge in [0.15, 0.2) is 13.2 Å². The van der Waals surface area contributed by atoms with Crippen LogP contribution in [0.3, 0.4) is 0 Å². The molecule has 6 nitrogen and oxygen atoms in total. The second kappa shape index (κ2) is 11.5. The molecule has 0 aromatic heterocycles. The largest absolute Gasteiger partial charge is 0.497 e. The Morgan fingerprint density at radius 2 is 1.22 bits per heavy atom. The van der Waals surface area contributed by atoms with E-state index in [1.807, 2.05) is 27.7 Å². The Kier molecular flexibility index (Phi) is 9.56. The van der Waals surface area contributed by atoms with E-state index in [1.54, 1.807) is 0 Å². The number of alkyl halides is 6. The fourth-order valence-electron chi connectivity index (χ4n) is 2.83. The summed E-state index contributed by atoms with van der Waals surface area (Å²) in [4.78, 5) is 0. The molecule has 1 fully saturated rings. The van der Waals surface area contributed by atoms with Crippen LogP contribution in [0.2, 0.25) is 0 Å². The van der Waals surface area contributed by atoms with E-state index in [0.717, 1.165) is 6.07 Å². The molecule has 204 valence electrons. The van der Waals surface area contributed by atoms with Crippen LogP contribution in [0, 0.1) is 5.82 Å². The van der Waals surface area contributed by atoms with Crippen LogP contribution in [0.4, 0.5) is 30.7 Å². The zero-order valence-corrected chi connectivity index (χ0v) is 20.3. The maximum absolute atomic E-state index is 14.1. The van der Waals surface area contributed by atoms with Gasteiger partial charge in [-0.1, -0.05) is 18.2 Å². The van der Waals surface area contributed by atoms with Crippen molar-refractivity contribution in [3.63, 3.8) is 0 Å². The third-order valence-electron chi connectivity index (χ3n) is 5.46. The molecule has 1 saturated heterocycles. The lowest BCUT2D eigenvalue weighted by atomic mass is 9.78. The van der Waals surface area contributed by atoms with Crippen molar-refractivity contribution in [1.82, 2.24) is 0 Å². The van der Waals surface area contributed by atoms with E-state index in [2.05, 4.69) is 9.47 Å². The Bertz CT molecular complexity index is 1010. The molecule has 2 aromatic carbocycles. The molecule has 0 spiro atoms. The number of hydrogen-bond donors (Lipinski definition) is 2. The normalized spacial score (nSPS) is 16.6. The van der Waals surface area contributed by atoms with E-state index in [-0.39, 0.29) is 22.4 Å². The second-order valence-corrected chi connectivity index (χ2v) is 9.02. The maximum Gasteiger partial charge on any atom is 0.497 e. The molecule has 2 N–H and O–H groups in total. The highest BCUT2D eigenvalue weighted by atomic mass is 19.4. The van der Waals surface area contributed by atoms with Gasteiger partial charge in [-0.15, -0.1) is 0 Å². The Morgan fingerprint density at radius 1 is 0.784 bits per heavy atom. The molecule has 1 aliphatic heterocycles. The van der Waals surface area contributed by atoms with Crippen LogP contribution in [0.5, 0.6) is 11.5 Å². The van der Waals surface area contributed by atoms with Crippen LogP contribution in [0.1, 0.15) is 27.7 Å². The first-order chi connectivity index (χ1) is 16.8. The van der Waals surface area contributed by atoms with Crippen molar-refractivity contribution in [2.24, 2.45) is 0 Å². The van der Waals surface area contributed by atoms with Gasteiger partial charge >= 0.3 is 26.6 Å². The molecule has 1 heterocycles. The quantitative estimate of drug-likeness (QED) is 0.433. The van der Waals surface area contributed by atoms with Gasteiger partial charge in [-0.2, -0.15) is 26.3 Å². The monoisotopic (exact) mass is 540 g/mol. The summed E-state index contributed by atoms with van der Waals surface area (Å²) in [5.74, 6) is -0.912. The Hall–Kier alpha value is -2.48. The van der Waals surface area contributed by atoms with Gasteiger partial charge in [0, 0.05) is 11.5 Å².